The van der Waals surface area contributed by atoms with E-state index in [0.29, 0.717) is 5.58 Å². The summed E-state index contributed by atoms with van der Waals surface area (Å²) in [5.74, 6) is 0. The lowest BCUT2D eigenvalue weighted by Gasteiger charge is -2.04. The van der Waals surface area contributed by atoms with Crippen LogP contribution < -0.4 is 0 Å². The second-order valence-corrected chi connectivity index (χ2v) is 5.09. The normalized spacial score (nSPS) is 11.1. The molecule has 4 aromatic rings. The molecule has 3 aromatic carbocycles. The average molecular weight is 289 g/mol. The predicted octanol–water partition coefficient (Wildman–Crippen LogP) is 5.16. The van der Waals surface area contributed by atoms with Gasteiger partial charge < -0.3 is 4.42 Å². The van der Waals surface area contributed by atoms with E-state index in [1.54, 1.807) is 6.07 Å². The van der Waals surface area contributed by atoms with Crippen LogP contribution in [-0.4, -0.2) is 4.92 Å². The number of rotatable bonds is 2. The highest BCUT2D eigenvalue weighted by molar-refractivity contribution is 6.13. The SMILES string of the molecule is O=[N+]([O-])c1cc(-c2ccccc2)c2c(c1)oc1ccccc12. The van der Waals surface area contributed by atoms with E-state index in [1.807, 2.05) is 54.6 Å². The van der Waals surface area contributed by atoms with Gasteiger partial charge in [0.05, 0.1) is 11.0 Å². The molecule has 1 aromatic heterocycles. The van der Waals surface area contributed by atoms with Gasteiger partial charge in [-0.3, -0.25) is 10.1 Å². The van der Waals surface area contributed by atoms with Crippen LogP contribution >= 0.6 is 0 Å². The Kier molecular flexibility index (Phi) is 2.69. The van der Waals surface area contributed by atoms with Gasteiger partial charge in [-0.05, 0) is 11.6 Å². The van der Waals surface area contributed by atoms with Crippen LogP contribution in [0, 0.1) is 10.1 Å². The summed E-state index contributed by atoms with van der Waals surface area (Å²) in [6, 6.07) is 20.4. The molecule has 0 aliphatic carbocycles. The van der Waals surface area contributed by atoms with Crippen LogP contribution in [-0.2, 0) is 0 Å². The standard InChI is InChI=1S/C18H11NO3/c20-19(21)13-10-15(12-6-2-1-3-7-12)18-14-8-4-5-9-16(14)22-17(18)11-13/h1-11H. The molecule has 0 amide bonds. The molecule has 0 bridgehead atoms. The second kappa shape index (κ2) is 4.70. The molecule has 0 unspecified atom stereocenters. The van der Waals surface area contributed by atoms with E-state index < -0.39 is 0 Å². The smallest absolute Gasteiger partial charge is 0.273 e. The quantitative estimate of drug-likeness (QED) is 0.378. The fourth-order valence-corrected chi connectivity index (χ4v) is 2.79. The fourth-order valence-electron chi connectivity index (χ4n) is 2.79. The molecule has 0 aliphatic rings. The number of nitro groups is 1. The van der Waals surface area contributed by atoms with Crippen LogP contribution in [0.4, 0.5) is 5.69 Å². The molecule has 0 radical (unpaired) electrons. The van der Waals surface area contributed by atoms with Crippen LogP contribution in [0.1, 0.15) is 0 Å². The summed E-state index contributed by atoms with van der Waals surface area (Å²) in [7, 11) is 0. The van der Waals surface area contributed by atoms with Crippen molar-refractivity contribution in [3.8, 4) is 11.1 Å². The zero-order valence-corrected chi connectivity index (χ0v) is 11.5. The third-order valence-corrected chi connectivity index (χ3v) is 3.76. The van der Waals surface area contributed by atoms with Crippen LogP contribution in [0.5, 0.6) is 0 Å². The molecule has 22 heavy (non-hydrogen) atoms. The molecule has 1 heterocycles. The van der Waals surface area contributed by atoms with E-state index in [9.17, 15) is 10.1 Å². The molecule has 0 spiro atoms. The highest BCUT2D eigenvalue weighted by Gasteiger charge is 2.18. The molecular weight excluding hydrogens is 278 g/mol. The van der Waals surface area contributed by atoms with Gasteiger partial charge in [0.2, 0.25) is 0 Å². The molecule has 0 atom stereocenters. The van der Waals surface area contributed by atoms with Gasteiger partial charge in [-0.15, -0.1) is 0 Å². The minimum Gasteiger partial charge on any atom is -0.456 e. The fraction of sp³-hybridized carbons (Fsp3) is 0. The summed E-state index contributed by atoms with van der Waals surface area (Å²) in [6.45, 7) is 0. The zero-order chi connectivity index (χ0) is 15.1. The van der Waals surface area contributed by atoms with Crippen molar-refractivity contribution < 1.29 is 9.34 Å². The second-order valence-electron chi connectivity index (χ2n) is 5.09. The number of nitro benzene ring substituents is 1. The van der Waals surface area contributed by atoms with E-state index >= 15 is 0 Å². The number of hydrogen-bond donors (Lipinski definition) is 0. The molecule has 0 saturated carbocycles. The van der Waals surface area contributed by atoms with E-state index in [2.05, 4.69) is 0 Å². The first-order chi connectivity index (χ1) is 10.7. The molecule has 0 saturated heterocycles. The number of para-hydroxylation sites is 1. The molecule has 4 rings (SSSR count). The Labute approximate surface area is 125 Å². The zero-order valence-electron chi connectivity index (χ0n) is 11.5. The predicted molar refractivity (Wildman–Crippen MR) is 85.8 cm³/mol. The summed E-state index contributed by atoms with van der Waals surface area (Å²) in [5, 5.41) is 13.1. The monoisotopic (exact) mass is 289 g/mol. The molecule has 4 nitrogen and oxygen atoms in total. The minimum atomic E-state index is -0.390. The number of hydrogen-bond acceptors (Lipinski definition) is 3. The van der Waals surface area contributed by atoms with Crippen molar-refractivity contribution in [3.63, 3.8) is 0 Å². The lowest BCUT2D eigenvalue weighted by Crippen LogP contribution is -1.89. The summed E-state index contributed by atoms with van der Waals surface area (Å²) in [4.78, 5) is 10.8. The first-order valence-corrected chi connectivity index (χ1v) is 6.89. The van der Waals surface area contributed by atoms with Crippen molar-refractivity contribution in [2.45, 2.75) is 0 Å². The third-order valence-electron chi connectivity index (χ3n) is 3.76. The molecule has 0 aliphatic heterocycles. The maximum absolute atomic E-state index is 11.2. The van der Waals surface area contributed by atoms with Gasteiger partial charge in [0, 0.05) is 22.4 Å². The van der Waals surface area contributed by atoms with Crippen LogP contribution in [0.15, 0.2) is 71.1 Å². The van der Waals surface area contributed by atoms with Crippen molar-refractivity contribution in [2.75, 3.05) is 0 Å². The first-order valence-electron chi connectivity index (χ1n) is 6.89. The lowest BCUT2D eigenvalue weighted by molar-refractivity contribution is -0.384. The van der Waals surface area contributed by atoms with Gasteiger partial charge in [0.25, 0.3) is 5.69 Å². The van der Waals surface area contributed by atoms with Crippen LogP contribution in [0.3, 0.4) is 0 Å². The maximum atomic E-state index is 11.2. The van der Waals surface area contributed by atoms with E-state index in [-0.39, 0.29) is 10.6 Å². The van der Waals surface area contributed by atoms with Crippen LogP contribution in [0.25, 0.3) is 33.1 Å². The Balaban J connectivity index is 2.18. The number of fused-ring (bicyclic) bond motifs is 3. The van der Waals surface area contributed by atoms with Crippen molar-refractivity contribution in [2.24, 2.45) is 0 Å². The van der Waals surface area contributed by atoms with Crippen molar-refractivity contribution >= 4 is 27.6 Å². The number of benzene rings is 3. The molecule has 0 N–H and O–H groups in total. The minimum absolute atomic E-state index is 0.0328. The maximum Gasteiger partial charge on any atom is 0.273 e. The molecule has 0 fully saturated rings. The van der Waals surface area contributed by atoms with Gasteiger partial charge >= 0.3 is 0 Å². The highest BCUT2D eigenvalue weighted by Crippen LogP contribution is 2.39. The molecular formula is C18H11NO3. The van der Waals surface area contributed by atoms with E-state index in [1.165, 1.54) is 6.07 Å². The van der Waals surface area contributed by atoms with Gasteiger partial charge in [0.1, 0.15) is 11.2 Å². The van der Waals surface area contributed by atoms with Gasteiger partial charge in [-0.2, -0.15) is 0 Å². The molecule has 106 valence electrons. The topological polar surface area (TPSA) is 56.3 Å². The van der Waals surface area contributed by atoms with Crippen LogP contribution in [0.2, 0.25) is 0 Å². The summed E-state index contributed by atoms with van der Waals surface area (Å²) in [5.41, 5.74) is 3.05. The Morgan fingerprint density at radius 3 is 2.36 bits per heavy atom. The number of nitrogens with zero attached hydrogens (tertiary/aromatic N) is 1. The molecule has 4 heteroatoms. The Hall–Kier alpha value is -3.14. The largest absolute Gasteiger partial charge is 0.456 e. The van der Waals surface area contributed by atoms with Gasteiger partial charge in [-0.1, -0.05) is 48.5 Å². The summed E-state index contributed by atoms with van der Waals surface area (Å²) in [6.07, 6.45) is 0. The van der Waals surface area contributed by atoms with Gasteiger partial charge in [0.15, 0.2) is 0 Å². The first kappa shape index (κ1) is 12.6. The van der Waals surface area contributed by atoms with Crippen molar-refractivity contribution in [1.29, 1.82) is 0 Å². The third kappa shape index (κ3) is 1.85. The van der Waals surface area contributed by atoms with E-state index in [0.717, 1.165) is 27.5 Å². The number of non-ortho nitro benzene ring substituents is 1. The van der Waals surface area contributed by atoms with Crippen molar-refractivity contribution in [1.82, 2.24) is 0 Å². The lowest BCUT2D eigenvalue weighted by atomic mass is 9.99. The highest BCUT2D eigenvalue weighted by atomic mass is 16.6. The Morgan fingerprint density at radius 1 is 0.864 bits per heavy atom. The average Bonchev–Trinajstić information content (AvgIpc) is 2.93. The Morgan fingerprint density at radius 2 is 1.59 bits per heavy atom. The van der Waals surface area contributed by atoms with E-state index in [4.69, 9.17) is 4.42 Å². The number of furan rings is 1. The van der Waals surface area contributed by atoms with Crippen molar-refractivity contribution in [3.05, 3.63) is 76.8 Å². The summed E-state index contributed by atoms with van der Waals surface area (Å²) < 4.78 is 5.80. The Bertz CT molecular complexity index is 1000. The van der Waals surface area contributed by atoms with Gasteiger partial charge in [-0.25, -0.2) is 0 Å². The summed E-state index contributed by atoms with van der Waals surface area (Å²) >= 11 is 0.